The van der Waals surface area contributed by atoms with Gasteiger partial charge in [0, 0.05) is 0 Å². The van der Waals surface area contributed by atoms with Crippen LogP contribution in [0, 0.1) is 6.92 Å². The minimum atomic E-state index is -1.89. The van der Waals surface area contributed by atoms with Gasteiger partial charge in [0.1, 0.15) is 17.6 Å². The molecule has 0 aliphatic heterocycles. The molecule has 84 valence electrons. The van der Waals surface area contributed by atoms with Crippen LogP contribution in [0.2, 0.25) is 0 Å². The first-order valence-electron chi connectivity index (χ1n) is 4.69. The third-order valence-corrected chi connectivity index (χ3v) is 1.92. The number of carbonyl (C=O) groups excluding carboxylic acids is 1. The maximum absolute atomic E-state index is 13.4. The van der Waals surface area contributed by atoms with Crippen molar-refractivity contribution in [3.8, 4) is 0 Å². The molecule has 1 rings (SSSR count). The Bertz CT molecular complexity index is 337. The first kappa shape index (κ1) is 11.7. The zero-order chi connectivity index (χ0) is 11.4. The fourth-order valence-corrected chi connectivity index (χ4v) is 1.15. The van der Waals surface area contributed by atoms with Crippen LogP contribution in [-0.2, 0) is 9.53 Å². The molecule has 0 bridgehead atoms. The fraction of sp³-hybridized carbons (Fsp3) is 0.500. The van der Waals surface area contributed by atoms with Gasteiger partial charge in [0.05, 0.1) is 6.61 Å². The average Bonchev–Trinajstić information content (AvgIpc) is 2.63. The second-order valence-electron chi connectivity index (χ2n) is 3.13. The molecule has 0 radical (unpaired) electrons. The molecule has 0 saturated carbocycles. The minimum absolute atomic E-state index is 0.128. The lowest BCUT2D eigenvalue weighted by Gasteiger charge is -2.12. The first-order chi connectivity index (χ1) is 7.06. The smallest absolute Gasteiger partial charge is 0.342 e. The van der Waals surface area contributed by atoms with E-state index >= 15 is 0 Å². The standard InChI is InChI=1S/C10H14FNO3/c1-3-14-10(13)8(11)9(12)7-5-4-6(2)15-7/h4-5,8-9H,3,12H2,1-2H3/t8?,9-/m0/s1. The lowest BCUT2D eigenvalue weighted by atomic mass is 10.1. The van der Waals surface area contributed by atoms with E-state index in [2.05, 4.69) is 4.74 Å². The summed E-state index contributed by atoms with van der Waals surface area (Å²) in [4.78, 5) is 11.0. The highest BCUT2D eigenvalue weighted by molar-refractivity contribution is 5.75. The molecule has 2 N–H and O–H groups in total. The Kier molecular flexibility index (Phi) is 3.85. The summed E-state index contributed by atoms with van der Waals surface area (Å²) in [6, 6.07) is 2.09. The lowest BCUT2D eigenvalue weighted by Crippen LogP contribution is -2.31. The van der Waals surface area contributed by atoms with Crippen LogP contribution >= 0.6 is 0 Å². The van der Waals surface area contributed by atoms with Gasteiger partial charge in [-0.2, -0.15) is 0 Å². The van der Waals surface area contributed by atoms with Gasteiger partial charge in [-0.15, -0.1) is 0 Å². The Balaban J connectivity index is 2.67. The molecular formula is C10H14FNO3. The van der Waals surface area contributed by atoms with Crippen LogP contribution in [0.3, 0.4) is 0 Å². The predicted molar refractivity (Wildman–Crippen MR) is 51.9 cm³/mol. The Hall–Kier alpha value is -1.36. The molecule has 0 spiro atoms. The summed E-state index contributed by atoms with van der Waals surface area (Å²) in [5.74, 6) is -0.0939. The number of hydrogen-bond donors (Lipinski definition) is 1. The van der Waals surface area contributed by atoms with Crippen LogP contribution in [0.25, 0.3) is 0 Å². The topological polar surface area (TPSA) is 65.5 Å². The average molecular weight is 215 g/mol. The van der Waals surface area contributed by atoms with E-state index in [0.717, 1.165) is 0 Å². The number of carbonyl (C=O) groups is 1. The quantitative estimate of drug-likeness (QED) is 0.773. The number of aryl methyl sites for hydroxylation is 1. The molecule has 1 unspecified atom stereocenters. The maximum atomic E-state index is 13.4. The van der Waals surface area contributed by atoms with Gasteiger partial charge in [0.15, 0.2) is 0 Å². The van der Waals surface area contributed by atoms with Crippen LogP contribution in [0.5, 0.6) is 0 Å². The molecule has 0 fully saturated rings. The van der Waals surface area contributed by atoms with E-state index in [1.54, 1.807) is 26.0 Å². The zero-order valence-corrected chi connectivity index (χ0v) is 8.70. The highest BCUT2D eigenvalue weighted by atomic mass is 19.1. The molecule has 4 nitrogen and oxygen atoms in total. The predicted octanol–water partition coefficient (Wildman–Crippen LogP) is 1.49. The monoisotopic (exact) mass is 215 g/mol. The van der Waals surface area contributed by atoms with E-state index in [0.29, 0.717) is 5.76 Å². The van der Waals surface area contributed by atoms with Gasteiger partial charge in [0.2, 0.25) is 6.17 Å². The first-order valence-corrected chi connectivity index (χ1v) is 4.69. The van der Waals surface area contributed by atoms with Crippen molar-refractivity contribution < 1.29 is 18.3 Å². The molecule has 0 aliphatic carbocycles. The normalized spacial score (nSPS) is 14.7. The summed E-state index contributed by atoms with van der Waals surface area (Å²) in [5.41, 5.74) is 5.51. The highest BCUT2D eigenvalue weighted by Gasteiger charge is 2.29. The van der Waals surface area contributed by atoms with Crippen LogP contribution in [0.1, 0.15) is 24.5 Å². The molecule has 1 aromatic heterocycles. The second kappa shape index (κ2) is 4.93. The summed E-state index contributed by atoms with van der Waals surface area (Å²) in [7, 11) is 0. The van der Waals surface area contributed by atoms with Crippen molar-refractivity contribution in [3.63, 3.8) is 0 Å². The van der Waals surface area contributed by atoms with Crippen LogP contribution < -0.4 is 5.73 Å². The fourth-order valence-electron chi connectivity index (χ4n) is 1.15. The summed E-state index contributed by atoms with van der Waals surface area (Å²) in [5, 5.41) is 0. The third-order valence-electron chi connectivity index (χ3n) is 1.92. The molecular weight excluding hydrogens is 201 g/mol. The van der Waals surface area contributed by atoms with Crippen molar-refractivity contribution in [1.82, 2.24) is 0 Å². The molecule has 1 aromatic rings. The highest BCUT2D eigenvalue weighted by Crippen LogP contribution is 2.20. The Labute approximate surface area is 87.2 Å². The number of furan rings is 1. The SMILES string of the molecule is CCOC(=O)C(F)[C@@H](N)c1ccc(C)o1. The largest absolute Gasteiger partial charge is 0.465 e. The number of halogens is 1. The maximum Gasteiger partial charge on any atom is 0.342 e. The van der Waals surface area contributed by atoms with E-state index in [1.807, 2.05) is 0 Å². The summed E-state index contributed by atoms with van der Waals surface area (Å²) < 4.78 is 23.1. The lowest BCUT2D eigenvalue weighted by molar-refractivity contribution is -0.150. The van der Waals surface area contributed by atoms with Crippen LogP contribution in [0.15, 0.2) is 16.5 Å². The molecule has 1 heterocycles. The summed E-state index contributed by atoms with van der Waals surface area (Å²) >= 11 is 0. The van der Waals surface area contributed by atoms with Gasteiger partial charge < -0.3 is 14.9 Å². The van der Waals surface area contributed by atoms with Crippen LogP contribution in [-0.4, -0.2) is 18.7 Å². The number of rotatable bonds is 4. The van der Waals surface area contributed by atoms with Crippen molar-refractivity contribution in [3.05, 3.63) is 23.7 Å². The van der Waals surface area contributed by atoms with E-state index in [4.69, 9.17) is 10.2 Å². The molecule has 15 heavy (non-hydrogen) atoms. The summed E-state index contributed by atoms with van der Waals surface area (Å²) in [6.07, 6.45) is -1.89. The van der Waals surface area contributed by atoms with Crippen molar-refractivity contribution in [1.29, 1.82) is 0 Å². The zero-order valence-electron chi connectivity index (χ0n) is 8.70. The van der Waals surface area contributed by atoms with E-state index in [-0.39, 0.29) is 12.4 Å². The summed E-state index contributed by atoms with van der Waals surface area (Å²) in [6.45, 7) is 3.45. The molecule has 0 saturated heterocycles. The van der Waals surface area contributed by atoms with Crippen molar-refractivity contribution in [2.75, 3.05) is 6.61 Å². The number of alkyl halides is 1. The van der Waals surface area contributed by atoms with E-state index < -0.39 is 18.2 Å². The Morgan fingerprint density at radius 3 is 2.80 bits per heavy atom. The van der Waals surface area contributed by atoms with Gasteiger partial charge in [0.25, 0.3) is 0 Å². The van der Waals surface area contributed by atoms with Crippen LogP contribution in [0.4, 0.5) is 4.39 Å². The van der Waals surface area contributed by atoms with Gasteiger partial charge in [-0.1, -0.05) is 0 Å². The second-order valence-corrected chi connectivity index (χ2v) is 3.13. The molecule has 0 amide bonds. The molecule has 0 aromatic carbocycles. The van der Waals surface area contributed by atoms with Gasteiger partial charge in [-0.3, -0.25) is 0 Å². The minimum Gasteiger partial charge on any atom is -0.465 e. The third kappa shape index (κ3) is 2.79. The van der Waals surface area contributed by atoms with Gasteiger partial charge >= 0.3 is 5.97 Å². The van der Waals surface area contributed by atoms with E-state index in [9.17, 15) is 9.18 Å². The van der Waals surface area contributed by atoms with Gasteiger partial charge in [-0.25, -0.2) is 9.18 Å². The van der Waals surface area contributed by atoms with Crippen molar-refractivity contribution in [2.24, 2.45) is 5.73 Å². The Morgan fingerprint density at radius 2 is 2.33 bits per heavy atom. The van der Waals surface area contributed by atoms with Crippen molar-refractivity contribution >= 4 is 5.97 Å². The number of nitrogens with two attached hydrogens (primary N) is 1. The number of esters is 1. The molecule has 5 heteroatoms. The van der Waals surface area contributed by atoms with Gasteiger partial charge in [-0.05, 0) is 26.0 Å². The Morgan fingerprint density at radius 1 is 1.67 bits per heavy atom. The van der Waals surface area contributed by atoms with Crippen molar-refractivity contribution in [2.45, 2.75) is 26.1 Å². The van der Waals surface area contributed by atoms with E-state index in [1.165, 1.54) is 0 Å². The number of hydrogen-bond acceptors (Lipinski definition) is 4. The molecule has 0 aliphatic rings. The number of ether oxygens (including phenoxy) is 1. The molecule has 2 atom stereocenters.